The van der Waals surface area contributed by atoms with Crippen LogP contribution >= 0.6 is 0 Å². The minimum Gasteiger partial charge on any atom is -0.495 e. The van der Waals surface area contributed by atoms with Gasteiger partial charge in [-0.2, -0.15) is 0 Å². The molecule has 0 amide bonds. The lowest BCUT2D eigenvalue weighted by Gasteiger charge is -2.09. The Balaban J connectivity index is 2.12. The number of carbonyl (C=O) groups is 1. The number of rotatable bonds is 4. The van der Waals surface area contributed by atoms with Gasteiger partial charge in [0.05, 0.1) is 23.9 Å². The summed E-state index contributed by atoms with van der Waals surface area (Å²) in [5, 5.41) is 0. The van der Waals surface area contributed by atoms with E-state index in [1.165, 1.54) is 31.4 Å². The van der Waals surface area contributed by atoms with E-state index in [1.807, 2.05) is 0 Å². The van der Waals surface area contributed by atoms with Crippen molar-refractivity contribution < 1.29 is 23.0 Å². The zero-order valence-corrected chi connectivity index (χ0v) is 11.2. The van der Waals surface area contributed by atoms with E-state index in [-0.39, 0.29) is 11.1 Å². The van der Waals surface area contributed by atoms with Crippen LogP contribution in [0.2, 0.25) is 0 Å². The van der Waals surface area contributed by atoms with Crippen molar-refractivity contribution in [2.75, 3.05) is 12.8 Å². The minimum atomic E-state index is -0.766. The van der Waals surface area contributed by atoms with Gasteiger partial charge in [-0.1, -0.05) is 6.07 Å². The van der Waals surface area contributed by atoms with Crippen LogP contribution in [0.3, 0.4) is 0 Å². The molecule has 0 aliphatic rings. The van der Waals surface area contributed by atoms with Gasteiger partial charge < -0.3 is 15.2 Å². The molecule has 2 rings (SSSR count). The second kappa shape index (κ2) is 6.21. The van der Waals surface area contributed by atoms with Gasteiger partial charge in [-0.3, -0.25) is 0 Å². The molecule has 0 bridgehead atoms. The molecule has 0 saturated heterocycles. The van der Waals surface area contributed by atoms with Gasteiger partial charge in [-0.15, -0.1) is 0 Å². The number of anilines is 1. The van der Waals surface area contributed by atoms with Crippen molar-refractivity contribution in [2.45, 2.75) is 6.61 Å². The first-order valence-electron chi connectivity index (χ1n) is 6.06. The molecular formula is C15H13F2NO3. The Morgan fingerprint density at radius 3 is 2.48 bits per heavy atom. The molecule has 2 aromatic rings. The van der Waals surface area contributed by atoms with Crippen molar-refractivity contribution in [2.24, 2.45) is 0 Å². The topological polar surface area (TPSA) is 61.5 Å². The number of methoxy groups -OCH3 is 1. The van der Waals surface area contributed by atoms with Crippen molar-refractivity contribution in [3.05, 3.63) is 59.2 Å². The molecule has 21 heavy (non-hydrogen) atoms. The second-order valence-corrected chi connectivity index (χ2v) is 4.23. The van der Waals surface area contributed by atoms with Gasteiger partial charge in [0, 0.05) is 0 Å². The van der Waals surface area contributed by atoms with Crippen LogP contribution in [0.1, 0.15) is 15.9 Å². The molecule has 4 nitrogen and oxygen atoms in total. The summed E-state index contributed by atoms with van der Waals surface area (Å²) >= 11 is 0. The quantitative estimate of drug-likeness (QED) is 0.695. The summed E-state index contributed by atoms with van der Waals surface area (Å²) in [7, 11) is 1.41. The van der Waals surface area contributed by atoms with E-state index in [9.17, 15) is 13.6 Å². The minimum absolute atomic E-state index is 0.179. The van der Waals surface area contributed by atoms with Crippen LogP contribution in [0.5, 0.6) is 5.75 Å². The molecule has 0 spiro atoms. The molecular weight excluding hydrogens is 280 g/mol. The largest absolute Gasteiger partial charge is 0.495 e. The third-order valence-corrected chi connectivity index (χ3v) is 2.88. The first-order chi connectivity index (χ1) is 10.0. The predicted octanol–water partition coefficient (Wildman–Crippen LogP) is 2.91. The standard InChI is InChI=1S/C15H13F2NO3/c1-20-14-7-9(5-6-13(14)18)15(19)21-8-10-11(16)3-2-4-12(10)17/h2-7H,8,18H2,1H3. The third kappa shape index (κ3) is 3.28. The lowest BCUT2D eigenvalue weighted by molar-refractivity contribution is 0.0464. The molecule has 0 aromatic heterocycles. The molecule has 0 heterocycles. The van der Waals surface area contributed by atoms with Crippen LogP contribution < -0.4 is 10.5 Å². The number of benzene rings is 2. The molecule has 0 unspecified atom stereocenters. The lowest BCUT2D eigenvalue weighted by atomic mass is 10.2. The number of hydrogen-bond acceptors (Lipinski definition) is 4. The highest BCUT2D eigenvalue weighted by Crippen LogP contribution is 2.23. The number of carbonyl (C=O) groups excluding carboxylic acids is 1. The van der Waals surface area contributed by atoms with Crippen molar-refractivity contribution >= 4 is 11.7 Å². The Labute approximate surface area is 120 Å². The highest BCUT2D eigenvalue weighted by molar-refractivity contribution is 5.90. The van der Waals surface area contributed by atoms with E-state index in [2.05, 4.69) is 0 Å². The van der Waals surface area contributed by atoms with Crippen LogP contribution in [0.15, 0.2) is 36.4 Å². The van der Waals surface area contributed by atoms with Crippen LogP contribution in [-0.4, -0.2) is 13.1 Å². The molecule has 0 saturated carbocycles. The number of ether oxygens (including phenoxy) is 2. The van der Waals surface area contributed by atoms with Crippen molar-refractivity contribution in [3.8, 4) is 5.75 Å². The molecule has 0 radical (unpaired) electrons. The van der Waals surface area contributed by atoms with Gasteiger partial charge in [0.15, 0.2) is 0 Å². The van der Waals surface area contributed by atoms with E-state index in [0.29, 0.717) is 11.4 Å². The fraction of sp³-hybridized carbons (Fsp3) is 0.133. The maximum absolute atomic E-state index is 13.4. The van der Waals surface area contributed by atoms with Gasteiger partial charge in [-0.05, 0) is 30.3 Å². The lowest BCUT2D eigenvalue weighted by Crippen LogP contribution is -2.08. The normalized spacial score (nSPS) is 10.2. The van der Waals surface area contributed by atoms with E-state index in [0.717, 1.165) is 12.1 Å². The molecule has 0 atom stereocenters. The van der Waals surface area contributed by atoms with Crippen molar-refractivity contribution in [3.63, 3.8) is 0 Å². The maximum atomic E-state index is 13.4. The highest BCUT2D eigenvalue weighted by atomic mass is 19.1. The van der Waals surface area contributed by atoms with Gasteiger partial charge in [-0.25, -0.2) is 13.6 Å². The molecule has 0 fully saturated rings. The average Bonchev–Trinajstić information content (AvgIpc) is 2.47. The fourth-order valence-electron chi connectivity index (χ4n) is 1.73. The van der Waals surface area contributed by atoms with Gasteiger partial charge in [0.25, 0.3) is 0 Å². The number of esters is 1. The number of nitrogens with two attached hydrogens (primary N) is 1. The Morgan fingerprint density at radius 1 is 1.19 bits per heavy atom. The summed E-state index contributed by atoms with van der Waals surface area (Å²) in [6.07, 6.45) is 0. The van der Waals surface area contributed by atoms with Crippen molar-refractivity contribution in [1.29, 1.82) is 0 Å². The molecule has 0 aliphatic heterocycles. The molecule has 6 heteroatoms. The van der Waals surface area contributed by atoms with E-state index >= 15 is 0 Å². The van der Waals surface area contributed by atoms with Crippen molar-refractivity contribution in [1.82, 2.24) is 0 Å². The fourth-order valence-corrected chi connectivity index (χ4v) is 1.73. The summed E-state index contributed by atoms with van der Waals surface area (Å²) < 4.78 is 36.7. The van der Waals surface area contributed by atoms with Gasteiger partial charge in [0.2, 0.25) is 0 Å². The zero-order chi connectivity index (χ0) is 15.4. The first kappa shape index (κ1) is 14.8. The zero-order valence-electron chi connectivity index (χ0n) is 11.2. The maximum Gasteiger partial charge on any atom is 0.338 e. The van der Waals surface area contributed by atoms with Crippen LogP contribution in [0, 0.1) is 11.6 Å². The summed E-state index contributed by atoms with van der Waals surface area (Å²) in [4.78, 5) is 11.9. The first-order valence-corrected chi connectivity index (χ1v) is 6.06. The Kier molecular flexibility index (Phi) is 4.37. The van der Waals surface area contributed by atoms with E-state index in [1.54, 1.807) is 0 Å². The second-order valence-electron chi connectivity index (χ2n) is 4.23. The molecule has 110 valence electrons. The summed E-state index contributed by atoms with van der Waals surface area (Å²) in [5.41, 5.74) is 5.88. The number of halogens is 2. The van der Waals surface area contributed by atoms with E-state index < -0.39 is 24.2 Å². The van der Waals surface area contributed by atoms with E-state index in [4.69, 9.17) is 15.2 Å². The average molecular weight is 293 g/mol. The number of nitrogen functional groups attached to an aromatic ring is 1. The van der Waals surface area contributed by atoms with Crippen LogP contribution in [0.4, 0.5) is 14.5 Å². The SMILES string of the molecule is COc1cc(C(=O)OCc2c(F)cccc2F)ccc1N. The summed E-state index contributed by atoms with van der Waals surface area (Å²) in [6.45, 7) is -0.496. The monoisotopic (exact) mass is 293 g/mol. The molecule has 2 aromatic carbocycles. The van der Waals surface area contributed by atoms with Gasteiger partial charge in [0.1, 0.15) is 24.0 Å². The van der Waals surface area contributed by atoms with Crippen LogP contribution in [0.25, 0.3) is 0 Å². The van der Waals surface area contributed by atoms with Crippen LogP contribution in [-0.2, 0) is 11.3 Å². The Bertz CT molecular complexity index is 654. The highest BCUT2D eigenvalue weighted by Gasteiger charge is 2.14. The third-order valence-electron chi connectivity index (χ3n) is 2.88. The molecule has 2 N–H and O–H groups in total. The predicted molar refractivity (Wildman–Crippen MR) is 72.9 cm³/mol. The molecule has 0 aliphatic carbocycles. The summed E-state index contributed by atoms with van der Waals surface area (Å²) in [6, 6.07) is 7.75. The Hall–Kier alpha value is -2.63. The smallest absolute Gasteiger partial charge is 0.338 e. The van der Waals surface area contributed by atoms with Gasteiger partial charge >= 0.3 is 5.97 Å². The summed E-state index contributed by atoms with van der Waals surface area (Å²) in [5.74, 6) is -1.94. The Morgan fingerprint density at radius 2 is 1.86 bits per heavy atom. The number of hydrogen-bond donors (Lipinski definition) is 1.